The predicted octanol–water partition coefficient (Wildman–Crippen LogP) is 3.30. The second kappa shape index (κ2) is 8.57. The number of nitrogens with one attached hydrogen (secondary N) is 2. The first-order chi connectivity index (χ1) is 11.5. The largest absolute Gasteiger partial charge is 0.496 e. The van der Waals surface area contributed by atoms with Crippen LogP contribution in [0.15, 0.2) is 42.5 Å². The molecule has 0 aliphatic carbocycles. The lowest BCUT2D eigenvalue weighted by Gasteiger charge is -2.10. The molecule has 7 heteroatoms. The predicted molar refractivity (Wildman–Crippen MR) is 94.8 cm³/mol. The molecule has 0 aliphatic heterocycles. The first-order valence-corrected chi connectivity index (χ1v) is 7.93. The molecule has 2 aromatic rings. The highest BCUT2D eigenvalue weighted by Gasteiger charge is 2.15. The molecule has 0 saturated heterocycles. The molecular weight excluding hydrogens is 351 g/mol. The van der Waals surface area contributed by atoms with Crippen LogP contribution in [-0.4, -0.2) is 25.5 Å². The standard InChI is InChI=1S/C17H16Cl2N2O3/c1-24-15-5-3-2-4-11(15)8-9-20-16(22)17(23)21-14-10-12(18)6-7-13(14)19/h2-7,10H,8-9H2,1H3,(H,20,22)(H,21,23). The maximum atomic E-state index is 11.9. The normalized spacial score (nSPS) is 10.1. The number of rotatable bonds is 5. The van der Waals surface area contributed by atoms with Crippen LogP contribution in [0.25, 0.3) is 0 Å². The maximum Gasteiger partial charge on any atom is 0.313 e. The Bertz CT molecular complexity index is 750. The Labute approximate surface area is 149 Å². The number of hydrogen-bond acceptors (Lipinski definition) is 3. The molecule has 0 bridgehead atoms. The van der Waals surface area contributed by atoms with E-state index < -0.39 is 11.8 Å². The SMILES string of the molecule is COc1ccccc1CCNC(=O)C(=O)Nc1cc(Cl)ccc1Cl. The minimum Gasteiger partial charge on any atom is -0.496 e. The topological polar surface area (TPSA) is 67.4 Å². The lowest BCUT2D eigenvalue weighted by Crippen LogP contribution is -2.36. The fourth-order valence-electron chi connectivity index (χ4n) is 2.07. The van der Waals surface area contributed by atoms with Gasteiger partial charge in [0.25, 0.3) is 0 Å². The van der Waals surface area contributed by atoms with Crippen LogP contribution in [-0.2, 0) is 16.0 Å². The van der Waals surface area contributed by atoms with Crippen molar-refractivity contribution in [3.8, 4) is 5.75 Å². The summed E-state index contributed by atoms with van der Waals surface area (Å²) < 4.78 is 5.23. The average molecular weight is 367 g/mol. The van der Waals surface area contributed by atoms with Crippen molar-refractivity contribution in [1.82, 2.24) is 5.32 Å². The van der Waals surface area contributed by atoms with Gasteiger partial charge >= 0.3 is 11.8 Å². The summed E-state index contributed by atoms with van der Waals surface area (Å²) in [6.07, 6.45) is 0.543. The molecule has 0 aliphatic rings. The maximum absolute atomic E-state index is 11.9. The van der Waals surface area contributed by atoms with Crippen LogP contribution in [0.2, 0.25) is 10.0 Å². The number of amides is 2. The summed E-state index contributed by atoms with van der Waals surface area (Å²) in [5.41, 5.74) is 1.23. The van der Waals surface area contributed by atoms with Crippen molar-refractivity contribution in [3.05, 3.63) is 58.1 Å². The molecule has 2 rings (SSSR count). The third-order valence-electron chi connectivity index (χ3n) is 3.26. The summed E-state index contributed by atoms with van der Waals surface area (Å²) in [5, 5.41) is 5.69. The van der Waals surface area contributed by atoms with Crippen LogP contribution in [0.3, 0.4) is 0 Å². The molecule has 0 saturated carbocycles. The van der Waals surface area contributed by atoms with Gasteiger partial charge in [-0.25, -0.2) is 0 Å². The molecular formula is C17H16Cl2N2O3. The minimum atomic E-state index is -0.806. The fraction of sp³-hybridized carbons (Fsp3) is 0.176. The molecule has 0 fully saturated rings. The Kier molecular flexibility index (Phi) is 6.46. The third kappa shape index (κ3) is 4.88. The molecule has 0 heterocycles. The van der Waals surface area contributed by atoms with Gasteiger partial charge in [0, 0.05) is 11.6 Å². The number of carbonyl (C=O) groups excluding carboxylic acids is 2. The van der Waals surface area contributed by atoms with E-state index >= 15 is 0 Å². The fourth-order valence-corrected chi connectivity index (χ4v) is 2.41. The van der Waals surface area contributed by atoms with Crippen molar-refractivity contribution in [1.29, 1.82) is 0 Å². The molecule has 2 aromatic carbocycles. The van der Waals surface area contributed by atoms with E-state index in [1.165, 1.54) is 6.07 Å². The Hall–Kier alpha value is -2.24. The number of benzene rings is 2. The van der Waals surface area contributed by atoms with E-state index in [1.807, 2.05) is 24.3 Å². The molecule has 0 atom stereocenters. The molecule has 2 amide bonds. The molecule has 5 nitrogen and oxygen atoms in total. The number of hydrogen-bond donors (Lipinski definition) is 2. The Morgan fingerprint density at radius 3 is 2.58 bits per heavy atom. The van der Waals surface area contributed by atoms with Crippen LogP contribution in [0.4, 0.5) is 5.69 Å². The lowest BCUT2D eigenvalue weighted by molar-refractivity contribution is -0.136. The summed E-state index contributed by atoms with van der Waals surface area (Å²) in [6, 6.07) is 12.1. The van der Waals surface area contributed by atoms with E-state index in [-0.39, 0.29) is 5.69 Å². The summed E-state index contributed by atoms with van der Waals surface area (Å²) in [4.78, 5) is 23.7. The Balaban J connectivity index is 1.88. The molecule has 24 heavy (non-hydrogen) atoms. The third-order valence-corrected chi connectivity index (χ3v) is 3.82. The van der Waals surface area contributed by atoms with Gasteiger partial charge in [-0.15, -0.1) is 0 Å². The van der Waals surface area contributed by atoms with Crippen molar-refractivity contribution >= 4 is 40.7 Å². The van der Waals surface area contributed by atoms with Gasteiger partial charge in [-0.2, -0.15) is 0 Å². The van der Waals surface area contributed by atoms with Gasteiger partial charge in [-0.05, 0) is 36.2 Å². The summed E-state index contributed by atoms with van der Waals surface area (Å²) in [6.45, 7) is 0.301. The highest BCUT2D eigenvalue weighted by molar-refractivity contribution is 6.42. The zero-order valence-electron chi connectivity index (χ0n) is 12.9. The lowest BCUT2D eigenvalue weighted by atomic mass is 10.1. The smallest absolute Gasteiger partial charge is 0.313 e. The van der Waals surface area contributed by atoms with Gasteiger partial charge in [0.05, 0.1) is 17.8 Å². The molecule has 2 N–H and O–H groups in total. The minimum absolute atomic E-state index is 0.286. The van der Waals surface area contributed by atoms with Crippen LogP contribution < -0.4 is 15.4 Å². The van der Waals surface area contributed by atoms with Crippen molar-refractivity contribution in [2.45, 2.75) is 6.42 Å². The van der Waals surface area contributed by atoms with E-state index in [2.05, 4.69) is 10.6 Å². The average Bonchev–Trinajstić information content (AvgIpc) is 2.58. The van der Waals surface area contributed by atoms with Gasteiger partial charge in [0.1, 0.15) is 5.75 Å². The van der Waals surface area contributed by atoms with Crippen molar-refractivity contribution in [2.75, 3.05) is 19.0 Å². The van der Waals surface area contributed by atoms with Crippen molar-refractivity contribution in [2.24, 2.45) is 0 Å². The molecule has 0 radical (unpaired) electrons. The molecule has 0 aromatic heterocycles. The quantitative estimate of drug-likeness (QED) is 0.797. The Morgan fingerprint density at radius 1 is 1.08 bits per heavy atom. The molecule has 0 unspecified atom stereocenters. The van der Waals surface area contributed by atoms with Crippen LogP contribution in [0.1, 0.15) is 5.56 Å². The van der Waals surface area contributed by atoms with E-state index in [0.717, 1.165) is 11.3 Å². The monoisotopic (exact) mass is 366 g/mol. The van der Waals surface area contributed by atoms with Crippen molar-refractivity contribution in [3.63, 3.8) is 0 Å². The molecule has 0 spiro atoms. The van der Waals surface area contributed by atoms with E-state index in [9.17, 15) is 9.59 Å². The van der Waals surface area contributed by atoms with Gasteiger partial charge in [-0.3, -0.25) is 9.59 Å². The number of halogens is 2. The zero-order chi connectivity index (χ0) is 17.5. The number of ether oxygens (including phenoxy) is 1. The number of carbonyl (C=O) groups is 2. The van der Waals surface area contributed by atoms with Gasteiger partial charge in [0.15, 0.2) is 0 Å². The second-order valence-electron chi connectivity index (χ2n) is 4.90. The van der Waals surface area contributed by atoms with E-state index in [1.54, 1.807) is 19.2 Å². The first-order valence-electron chi connectivity index (χ1n) is 7.17. The van der Waals surface area contributed by atoms with Gasteiger partial charge in [0.2, 0.25) is 0 Å². The molecule has 126 valence electrons. The Morgan fingerprint density at radius 2 is 1.83 bits per heavy atom. The zero-order valence-corrected chi connectivity index (χ0v) is 14.4. The van der Waals surface area contributed by atoms with E-state index in [0.29, 0.717) is 23.0 Å². The summed E-state index contributed by atoms with van der Waals surface area (Å²) in [5.74, 6) is -0.818. The second-order valence-corrected chi connectivity index (χ2v) is 5.74. The number of methoxy groups -OCH3 is 1. The van der Waals surface area contributed by atoms with Crippen LogP contribution in [0, 0.1) is 0 Å². The first kappa shape index (κ1) is 18.1. The van der Waals surface area contributed by atoms with Gasteiger partial charge in [-0.1, -0.05) is 41.4 Å². The number of anilines is 1. The summed E-state index contributed by atoms with van der Waals surface area (Å²) >= 11 is 11.8. The van der Waals surface area contributed by atoms with E-state index in [4.69, 9.17) is 27.9 Å². The number of para-hydroxylation sites is 1. The van der Waals surface area contributed by atoms with Gasteiger partial charge < -0.3 is 15.4 Å². The highest BCUT2D eigenvalue weighted by Crippen LogP contribution is 2.25. The van der Waals surface area contributed by atoms with Crippen LogP contribution >= 0.6 is 23.2 Å². The van der Waals surface area contributed by atoms with Crippen molar-refractivity contribution < 1.29 is 14.3 Å². The summed E-state index contributed by atoms with van der Waals surface area (Å²) in [7, 11) is 1.58. The highest BCUT2D eigenvalue weighted by atomic mass is 35.5. The van der Waals surface area contributed by atoms with Crippen LogP contribution in [0.5, 0.6) is 5.75 Å².